The number of rotatable bonds is 7. The Morgan fingerprint density at radius 2 is 1.95 bits per heavy atom. The first-order valence-corrected chi connectivity index (χ1v) is 6.66. The summed E-state index contributed by atoms with van der Waals surface area (Å²) in [6, 6.07) is 10.1. The third-order valence-corrected chi connectivity index (χ3v) is 2.89. The molecule has 0 fully saturated rings. The van der Waals surface area contributed by atoms with Gasteiger partial charge in [0.05, 0.1) is 27.2 Å². The molecule has 3 nitrogen and oxygen atoms in total. The Morgan fingerprint density at radius 3 is 2.58 bits per heavy atom. The SMILES string of the molecule is CC=CC[N+](C)(C)CC(=O)OCCc1ccccc1. The quantitative estimate of drug-likeness (QED) is 0.428. The van der Waals surface area contributed by atoms with Crippen molar-refractivity contribution in [1.82, 2.24) is 0 Å². The fourth-order valence-electron chi connectivity index (χ4n) is 1.78. The van der Waals surface area contributed by atoms with Crippen molar-refractivity contribution in [2.45, 2.75) is 13.3 Å². The summed E-state index contributed by atoms with van der Waals surface area (Å²) in [5, 5.41) is 0. The minimum atomic E-state index is -0.134. The summed E-state index contributed by atoms with van der Waals surface area (Å²) in [4.78, 5) is 11.8. The molecule has 0 saturated carbocycles. The van der Waals surface area contributed by atoms with E-state index in [1.54, 1.807) is 0 Å². The van der Waals surface area contributed by atoms with E-state index in [0.717, 1.165) is 13.0 Å². The predicted octanol–water partition coefficient (Wildman–Crippen LogP) is 2.42. The molecule has 104 valence electrons. The van der Waals surface area contributed by atoms with Crippen LogP contribution in [-0.4, -0.2) is 44.2 Å². The van der Waals surface area contributed by atoms with Gasteiger partial charge in [-0.1, -0.05) is 36.4 Å². The summed E-state index contributed by atoms with van der Waals surface area (Å²) >= 11 is 0. The van der Waals surface area contributed by atoms with Crippen LogP contribution in [-0.2, 0) is 16.0 Å². The molecule has 3 heteroatoms. The second-order valence-electron chi connectivity index (χ2n) is 5.30. The molecular weight excluding hydrogens is 238 g/mol. The van der Waals surface area contributed by atoms with Gasteiger partial charge >= 0.3 is 5.97 Å². The number of benzene rings is 1. The van der Waals surface area contributed by atoms with Gasteiger partial charge in [0.1, 0.15) is 0 Å². The van der Waals surface area contributed by atoms with Crippen molar-refractivity contribution in [2.75, 3.05) is 33.8 Å². The van der Waals surface area contributed by atoms with Crippen LogP contribution in [0.4, 0.5) is 0 Å². The van der Waals surface area contributed by atoms with E-state index < -0.39 is 0 Å². The van der Waals surface area contributed by atoms with Crippen LogP contribution in [0, 0.1) is 0 Å². The van der Waals surface area contributed by atoms with Gasteiger partial charge in [-0.15, -0.1) is 0 Å². The first kappa shape index (κ1) is 15.4. The van der Waals surface area contributed by atoms with Crippen molar-refractivity contribution in [1.29, 1.82) is 0 Å². The molecule has 0 spiro atoms. The first-order valence-electron chi connectivity index (χ1n) is 6.66. The molecule has 0 unspecified atom stereocenters. The van der Waals surface area contributed by atoms with Crippen molar-refractivity contribution < 1.29 is 14.0 Å². The summed E-state index contributed by atoms with van der Waals surface area (Å²) in [7, 11) is 4.05. The van der Waals surface area contributed by atoms with Crippen LogP contribution in [0.1, 0.15) is 12.5 Å². The lowest BCUT2D eigenvalue weighted by molar-refractivity contribution is -0.877. The van der Waals surface area contributed by atoms with Gasteiger partial charge in [0.15, 0.2) is 6.54 Å². The van der Waals surface area contributed by atoms with Crippen molar-refractivity contribution in [2.24, 2.45) is 0 Å². The van der Waals surface area contributed by atoms with Gasteiger partial charge in [0.25, 0.3) is 0 Å². The number of esters is 1. The highest BCUT2D eigenvalue weighted by Crippen LogP contribution is 2.02. The average molecular weight is 262 g/mol. The minimum absolute atomic E-state index is 0.134. The Hall–Kier alpha value is -1.61. The van der Waals surface area contributed by atoms with Crippen LogP contribution in [0.25, 0.3) is 0 Å². The first-order chi connectivity index (χ1) is 9.03. The Kier molecular flexibility index (Phi) is 6.30. The fourth-order valence-corrected chi connectivity index (χ4v) is 1.78. The Labute approximate surface area is 116 Å². The molecule has 0 N–H and O–H groups in total. The summed E-state index contributed by atoms with van der Waals surface area (Å²) in [6.45, 7) is 3.67. The second kappa shape index (κ2) is 7.74. The van der Waals surface area contributed by atoms with Gasteiger partial charge < -0.3 is 9.22 Å². The van der Waals surface area contributed by atoms with Crippen LogP contribution in [0.3, 0.4) is 0 Å². The van der Waals surface area contributed by atoms with Crippen molar-refractivity contribution in [3.63, 3.8) is 0 Å². The molecule has 0 bridgehead atoms. The number of ether oxygens (including phenoxy) is 1. The molecule has 0 aromatic heterocycles. The maximum atomic E-state index is 11.8. The number of carbonyl (C=O) groups excluding carboxylic acids is 1. The lowest BCUT2D eigenvalue weighted by Gasteiger charge is -2.27. The Bertz CT molecular complexity index is 410. The van der Waals surface area contributed by atoms with Gasteiger partial charge in [0.2, 0.25) is 0 Å². The zero-order valence-electron chi connectivity index (χ0n) is 12.1. The Balaban J connectivity index is 2.28. The van der Waals surface area contributed by atoms with E-state index in [4.69, 9.17) is 4.74 Å². The molecule has 0 aliphatic carbocycles. The summed E-state index contributed by atoms with van der Waals surface area (Å²) in [5.74, 6) is -0.134. The maximum Gasteiger partial charge on any atom is 0.361 e. The second-order valence-corrected chi connectivity index (χ2v) is 5.30. The lowest BCUT2D eigenvalue weighted by atomic mass is 10.2. The standard InChI is InChI=1S/C16H24NO2/c1-4-5-12-17(2,3)14-16(18)19-13-11-15-9-7-6-8-10-15/h4-10H,11-14H2,1-3H3/q+1. The van der Waals surface area contributed by atoms with Crippen LogP contribution in [0.5, 0.6) is 0 Å². The summed E-state index contributed by atoms with van der Waals surface area (Å²) in [5.41, 5.74) is 1.19. The lowest BCUT2D eigenvalue weighted by Crippen LogP contribution is -2.44. The number of hydrogen-bond acceptors (Lipinski definition) is 2. The molecule has 0 heterocycles. The molecule has 19 heavy (non-hydrogen) atoms. The molecule has 1 aromatic rings. The molecule has 0 aliphatic heterocycles. The molecule has 1 rings (SSSR count). The number of nitrogens with zero attached hydrogens (tertiary/aromatic N) is 1. The molecule has 0 radical (unpaired) electrons. The van der Waals surface area contributed by atoms with Crippen molar-refractivity contribution in [3.05, 3.63) is 48.0 Å². The number of carbonyl (C=O) groups is 1. The van der Waals surface area contributed by atoms with Crippen LogP contribution >= 0.6 is 0 Å². The van der Waals surface area contributed by atoms with Crippen molar-refractivity contribution in [3.8, 4) is 0 Å². The van der Waals surface area contributed by atoms with E-state index in [-0.39, 0.29) is 5.97 Å². The smallest absolute Gasteiger partial charge is 0.361 e. The zero-order chi connectivity index (χ0) is 14.1. The maximum absolute atomic E-state index is 11.8. The third-order valence-electron chi connectivity index (χ3n) is 2.89. The largest absolute Gasteiger partial charge is 0.461 e. The van der Waals surface area contributed by atoms with E-state index >= 15 is 0 Å². The number of quaternary nitrogens is 1. The van der Waals surface area contributed by atoms with E-state index in [2.05, 4.69) is 6.08 Å². The normalized spacial score (nSPS) is 11.7. The highest BCUT2D eigenvalue weighted by molar-refractivity contribution is 5.70. The predicted molar refractivity (Wildman–Crippen MR) is 77.8 cm³/mol. The van der Waals surface area contributed by atoms with E-state index in [1.165, 1.54) is 5.56 Å². The third kappa shape index (κ3) is 6.77. The van der Waals surface area contributed by atoms with Gasteiger partial charge in [-0.05, 0) is 18.6 Å². The van der Waals surface area contributed by atoms with Crippen LogP contribution < -0.4 is 0 Å². The highest BCUT2D eigenvalue weighted by atomic mass is 16.5. The van der Waals surface area contributed by atoms with Gasteiger partial charge in [-0.2, -0.15) is 0 Å². The summed E-state index contributed by atoms with van der Waals surface area (Å²) < 4.78 is 5.90. The number of likely N-dealkylation sites (N-methyl/N-ethyl adjacent to an activating group) is 1. The number of allylic oxidation sites excluding steroid dienone is 1. The van der Waals surface area contributed by atoms with E-state index in [1.807, 2.05) is 57.4 Å². The molecule has 0 amide bonds. The van der Waals surface area contributed by atoms with Gasteiger partial charge in [0, 0.05) is 6.42 Å². The molecule has 0 aliphatic rings. The minimum Gasteiger partial charge on any atom is -0.461 e. The van der Waals surface area contributed by atoms with Gasteiger partial charge in [-0.25, -0.2) is 4.79 Å². The monoisotopic (exact) mass is 262 g/mol. The molecule has 0 saturated heterocycles. The van der Waals surface area contributed by atoms with Crippen molar-refractivity contribution >= 4 is 5.97 Å². The molecular formula is C16H24NO2+. The number of hydrogen-bond donors (Lipinski definition) is 0. The van der Waals surface area contributed by atoms with E-state index in [9.17, 15) is 4.79 Å². The van der Waals surface area contributed by atoms with E-state index in [0.29, 0.717) is 17.6 Å². The molecule has 1 aromatic carbocycles. The summed E-state index contributed by atoms with van der Waals surface area (Å²) in [6.07, 6.45) is 4.84. The fraction of sp³-hybridized carbons (Fsp3) is 0.438. The topological polar surface area (TPSA) is 26.3 Å². The van der Waals surface area contributed by atoms with Crippen LogP contribution in [0.2, 0.25) is 0 Å². The molecule has 0 atom stereocenters. The highest BCUT2D eigenvalue weighted by Gasteiger charge is 2.19. The Morgan fingerprint density at radius 1 is 1.26 bits per heavy atom. The van der Waals surface area contributed by atoms with Crippen LogP contribution in [0.15, 0.2) is 42.5 Å². The van der Waals surface area contributed by atoms with Gasteiger partial charge in [-0.3, -0.25) is 0 Å². The zero-order valence-corrected chi connectivity index (χ0v) is 12.1. The average Bonchev–Trinajstić information content (AvgIpc) is 2.37.